The fraction of sp³-hybridized carbons (Fsp3) is 0.143. The molecule has 0 unspecified atom stereocenters. The Morgan fingerprint density at radius 1 is 1.35 bits per heavy atom. The first-order valence-electron chi connectivity index (χ1n) is 4.11. The van der Waals surface area contributed by atoms with Crippen molar-refractivity contribution < 1.29 is 32.9 Å². The van der Waals surface area contributed by atoms with Gasteiger partial charge in [-0.05, 0) is 6.07 Å². The Morgan fingerprint density at radius 2 is 1.94 bits per heavy atom. The first-order valence-corrected chi connectivity index (χ1v) is 4.11. The van der Waals surface area contributed by atoms with Gasteiger partial charge in [0.05, 0.1) is 16.5 Å². The van der Waals surface area contributed by atoms with E-state index in [1.165, 1.54) is 0 Å². The van der Waals surface area contributed by atoms with Gasteiger partial charge in [0.1, 0.15) is 5.75 Å². The Hall–Kier alpha value is -1.81. The highest BCUT2D eigenvalue weighted by Gasteiger charge is 2.33. The fourth-order valence-corrected chi connectivity index (χ4v) is 1.10. The van der Waals surface area contributed by atoms with Crippen molar-refractivity contribution >= 4 is 18.3 Å². The number of hydrogen-bond acceptors (Lipinski definition) is 5. The van der Waals surface area contributed by atoms with Crippen molar-refractivity contribution in [1.29, 1.82) is 0 Å². The molecule has 0 saturated heterocycles. The molecule has 10 heteroatoms. The first-order chi connectivity index (χ1) is 7.70. The molecule has 1 rings (SSSR count). The predicted molar refractivity (Wildman–Crippen MR) is 49.6 cm³/mol. The molecule has 0 amide bonds. The molecule has 0 radical (unpaired) electrons. The topological polar surface area (TPSA) is 92.8 Å². The van der Waals surface area contributed by atoms with Crippen molar-refractivity contribution in [1.82, 2.24) is 0 Å². The minimum absolute atomic E-state index is 0.461. The molecule has 17 heavy (non-hydrogen) atoms. The minimum atomic E-state index is -4.98. The van der Waals surface area contributed by atoms with Gasteiger partial charge in [-0.25, -0.2) is 0 Å². The van der Waals surface area contributed by atoms with E-state index in [2.05, 4.69) is 4.74 Å². The van der Waals surface area contributed by atoms with Crippen LogP contribution in [0, 0.1) is 10.1 Å². The van der Waals surface area contributed by atoms with E-state index in [0.717, 1.165) is 12.1 Å². The third-order valence-electron chi connectivity index (χ3n) is 1.71. The van der Waals surface area contributed by atoms with E-state index in [-0.39, 0.29) is 0 Å². The molecule has 0 heterocycles. The Bertz CT molecular complexity index is 436. The van der Waals surface area contributed by atoms with Crippen LogP contribution in [0.1, 0.15) is 0 Å². The number of hydrogen-bond donors (Lipinski definition) is 2. The third kappa shape index (κ3) is 3.61. The highest BCUT2D eigenvalue weighted by Crippen LogP contribution is 2.25. The molecule has 0 aliphatic carbocycles. The molecule has 0 aromatic heterocycles. The first kappa shape index (κ1) is 13.3. The van der Waals surface area contributed by atoms with Crippen LogP contribution in [-0.2, 0) is 0 Å². The largest absolute Gasteiger partial charge is 0.573 e. The Balaban J connectivity index is 3.15. The minimum Gasteiger partial charge on any atom is -0.423 e. The smallest absolute Gasteiger partial charge is 0.423 e. The molecule has 0 saturated carbocycles. The fourth-order valence-electron chi connectivity index (χ4n) is 1.10. The predicted octanol–water partition coefficient (Wildman–Crippen LogP) is 0.173. The van der Waals surface area contributed by atoms with Gasteiger partial charge in [0.15, 0.2) is 0 Å². The van der Waals surface area contributed by atoms with Gasteiger partial charge in [0.2, 0.25) is 0 Å². The summed E-state index contributed by atoms with van der Waals surface area (Å²) in [6.45, 7) is 0. The third-order valence-corrected chi connectivity index (χ3v) is 1.71. The average Bonchev–Trinajstić information content (AvgIpc) is 2.14. The number of nitro groups is 1. The number of halogens is 3. The molecular weight excluding hydrogens is 246 g/mol. The summed E-state index contributed by atoms with van der Waals surface area (Å²) in [6, 6.07) is 1.97. The molecule has 0 atom stereocenters. The number of benzene rings is 1. The molecule has 0 fully saturated rings. The molecule has 1 aromatic carbocycles. The highest BCUT2D eigenvalue weighted by atomic mass is 19.4. The zero-order chi connectivity index (χ0) is 13.2. The van der Waals surface area contributed by atoms with Crippen molar-refractivity contribution in [2.24, 2.45) is 0 Å². The molecular formula is C7H5BF3NO5. The zero-order valence-corrected chi connectivity index (χ0v) is 8.01. The second-order valence-electron chi connectivity index (χ2n) is 2.90. The maximum absolute atomic E-state index is 11.8. The number of nitrogens with zero attached hydrogens (tertiary/aromatic N) is 1. The summed E-state index contributed by atoms with van der Waals surface area (Å²) in [6.07, 6.45) is -4.98. The lowest BCUT2D eigenvalue weighted by atomic mass is 9.79. The molecule has 0 aliphatic heterocycles. The average molecular weight is 251 g/mol. The van der Waals surface area contributed by atoms with Gasteiger partial charge in [0, 0.05) is 0 Å². The van der Waals surface area contributed by atoms with E-state index in [1.807, 2.05) is 0 Å². The second kappa shape index (κ2) is 4.59. The molecule has 0 bridgehead atoms. The van der Waals surface area contributed by atoms with Crippen LogP contribution in [0.5, 0.6) is 5.75 Å². The van der Waals surface area contributed by atoms with Crippen LogP contribution < -0.4 is 10.2 Å². The van der Waals surface area contributed by atoms with Crippen LogP contribution >= 0.6 is 0 Å². The summed E-state index contributed by atoms with van der Waals surface area (Å²) < 4.78 is 39.0. The van der Waals surface area contributed by atoms with E-state index < -0.39 is 35.3 Å². The quantitative estimate of drug-likeness (QED) is 0.453. The number of nitro benzene ring substituents is 1. The van der Waals surface area contributed by atoms with Gasteiger partial charge < -0.3 is 14.8 Å². The normalized spacial score (nSPS) is 11.1. The Kier molecular flexibility index (Phi) is 3.58. The van der Waals surface area contributed by atoms with Gasteiger partial charge in [-0.1, -0.05) is 6.07 Å². The second-order valence-corrected chi connectivity index (χ2v) is 2.90. The van der Waals surface area contributed by atoms with E-state index in [9.17, 15) is 23.3 Å². The van der Waals surface area contributed by atoms with Crippen LogP contribution in [-0.4, -0.2) is 28.5 Å². The number of rotatable bonds is 3. The van der Waals surface area contributed by atoms with Crippen molar-refractivity contribution in [2.45, 2.75) is 6.36 Å². The number of ether oxygens (including phenoxy) is 1. The summed E-state index contributed by atoms with van der Waals surface area (Å²) in [5.74, 6) is -0.811. The van der Waals surface area contributed by atoms with Gasteiger partial charge >= 0.3 is 13.5 Å². The van der Waals surface area contributed by atoms with Crippen LogP contribution in [0.25, 0.3) is 0 Å². The van der Waals surface area contributed by atoms with Gasteiger partial charge in [-0.3, -0.25) is 10.1 Å². The van der Waals surface area contributed by atoms with E-state index in [1.54, 1.807) is 0 Å². The van der Waals surface area contributed by atoms with Gasteiger partial charge in [-0.15, -0.1) is 13.2 Å². The molecule has 1 aromatic rings. The monoisotopic (exact) mass is 251 g/mol. The van der Waals surface area contributed by atoms with Crippen LogP contribution in [0.3, 0.4) is 0 Å². The lowest BCUT2D eigenvalue weighted by Crippen LogP contribution is -2.32. The standard InChI is InChI=1S/C7H5BF3NO5/c9-7(10,11)17-4-1-2-5(8(13)14)6(3-4)12(15)16/h1-3,13-14H. The molecule has 6 nitrogen and oxygen atoms in total. The summed E-state index contributed by atoms with van der Waals surface area (Å²) in [4.78, 5) is 9.45. The number of alkyl halides is 3. The lowest BCUT2D eigenvalue weighted by Gasteiger charge is -2.09. The van der Waals surface area contributed by atoms with E-state index in [4.69, 9.17) is 10.0 Å². The molecule has 0 spiro atoms. The van der Waals surface area contributed by atoms with Crippen molar-refractivity contribution in [3.63, 3.8) is 0 Å². The van der Waals surface area contributed by atoms with Crippen molar-refractivity contribution in [3.8, 4) is 5.75 Å². The van der Waals surface area contributed by atoms with Crippen molar-refractivity contribution in [2.75, 3.05) is 0 Å². The van der Waals surface area contributed by atoms with Crippen LogP contribution in [0.15, 0.2) is 18.2 Å². The van der Waals surface area contributed by atoms with Crippen LogP contribution in [0.4, 0.5) is 18.9 Å². The lowest BCUT2D eigenvalue weighted by molar-refractivity contribution is -0.384. The SMILES string of the molecule is O=[N+]([O-])c1cc(OC(F)(F)F)ccc1B(O)O. The van der Waals surface area contributed by atoms with E-state index >= 15 is 0 Å². The highest BCUT2D eigenvalue weighted by molar-refractivity contribution is 6.60. The maximum Gasteiger partial charge on any atom is 0.573 e. The van der Waals surface area contributed by atoms with Crippen molar-refractivity contribution in [3.05, 3.63) is 28.3 Å². The summed E-state index contributed by atoms with van der Waals surface area (Å²) in [5, 5.41) is 28.0. The summed E-state index contributed by atoms with van der Waals surface area (Å²) in [7, 11) is -2.16. The molecule has 92 valence electrons. The van der Waals surface area contributed by atoms with E-state index in [0.29, 0.717) is 6.07 Å². The van der Waals surface area contributed by atoms with Gasteiger partial charge in [-0.2, -0.15) is 0 Å². The maximum atomic E-state index is 11.8. The summed E-state index contributed by atoms with van der Waals surface area (Å²) >= 11 is 0. The Morgan fingerprint density at radius 3 is 2.35 bits per heavy atom. The molecule has 0 aliphatic rings. The Labute approximate surface area is 92.5 Å². The van der Waals surface area contributed by atoms with Crippen LogP contribution in [0.2, 0.25) is 0 Å². The zero-order valence-electron chi connectivity index (χ0n) is 8.01. The summed E-state index contributed by atoms with van der Waals surface area (Å²) in [5.41, 5.74) is -1.40. The van der Waals surface area contributed by atoms with Gasteiger partial charge in [0.25, 0.3) is 5.69 Å². The molecule has 2 N–H and O–H groups in total.